The van der Waals surface area contributed by atoms with Gasteiger partial charge >= 0.3 is 6.03 Å². The molecule has 0 aliphatic carbocycles. The Kier molecular flexibility index (Phi) is 4.56. The van der Waals surface area contributed by atoms with Gasteiger partial charge in [0.15, 0.2) is 5.65 Å². The first-order valence-corrected chi connectivity index (χ1v) is 8.72. The lowest BCUT2D eigenvalue weighted by Crippen LogP contribution is -2.50. The van der Waals surface area contributed by atoms with Gasteiger partial charge in [-0.25, -0.2) is 9.78 Å². The van der Waals surface area contributed by atoms with Gasteiger partial charge in [0.25, 0.3) is 0 Å². The minimum absolute atomic E-state index is 0.250. The maximum Gasteiger partial charge on any atom is 0.329 e. The Morgan fingerprint density at radius 1 is 1.19 bits per heavy atom. The van der Waals surface area contributed by atoms with Crippen LogP contribution in [0, 0.1) is 11.8 Å². The fraction of sp³-hybridized carbons (Fsp3) is 0.389. The predicted octanol–water partition coefficient (Wildman–Crippen LogP) is 0.0373. The van der Waals surface area contributed by atoms with Crippen LogP contribution in [0.25, 0.3) is 5.65 Å². The molecule has 0 saturated carbocycles. The number of urea groups is 1. The van der Waals surface area contributed by atoms with E-state index in [0.717, 1.165) is 38.3 Å². The molecule has 0 radical (unpaired) electrons. The second-order valence-electron chi connectivity index (χ2n) is 6.31. The third kappa shape index (κ3) is 3.27. The summed E-state index contributed by atoms with van der Waals surface area (Å²) in [6.07, 6.45) is 3.78. The van der Waals surface area contributed by atoms with Gasteiger partial charge in [-0.2, -0.15) is 0 Å². The smallest absolute Gasteiger partial charge is 0.314 e. The summed E-state index contributed by atoms with van der Waals surface area (Å²) >= 11 is 0. The standard InChI is InChI=1S/C18H20N6O2/c25-15-5-10-24(18(26)21-15)16-13-20-17-14(4-2-9-23(16)17)3-1-8-22-11-6-19-7-12-22/h2,4,9,13,19H,5-8,10-12H2,(H,21,25,26). The summed E-state index contributed by atoms with van der Waals surface area (Å²) in [5.74, 6) is 6.81. The van der Waals surface area contributed by atoms with Crippen LogP contribution < -0.4 is 15.5 Å². The number of nitrogens with zero attached hydrogens (tertiary/aromatic N) is 4. The van der Waals surface area contributed by atoms with Crippen molar-refractivity contribution in [3.05, 3.63) is 30.1 Å². The molecule has 0 bridgehead atoms. The van der Waals surface area contributed by atoms with E-state index in [4.69, 9.17) is 0 Å². The Morgan fingerprint density at radius 3 is 2.85 bits per heavy atom. The molecule has 26 heavy (non-hydrogen) atoms. The van der Waals surface area contributed by atoms with Crippen molar-refractivity contribution in [2.45, 2.75) is 6.42 Å². The van der Waals surface area contributed by atoms with Crippen molar-refractivity contribution in [3.8, 4) is 11.8 Å². The number of fused-ring (bicyclic) bond motifs is 1. The SMILES string of the molecule is O=C1CCN(c2cnc3c(C#CCN4CCNCC4)cccn23)C(=O)N1. The molecule has 2 N–H and O–H groups in total. The molecule has 4 rings (SSSR count). The number of rotatable bonds is 2. The van der Waals surface area contributed by atoms with Crippen molar-refractivity contribution < 1.29 is 9.59 Å². The molecule has 2 saturated heterocycles. The molecule has 2 aromatic rings. The monoisotopic (exact) mass is 352 g/mol. The number of imide groups is 1. The zero-order chi connectivity index (χ0) is 17.9. The molecular weight excluding hydrogens is 332 g/mol. The molecule has 0 unspecified atom stereocenters. The van der Waals surface area contributed by atoms with Crippen molar-refractivity contribution in [1.29, 1.82) is 0 Å². The molecule has 0 spiro atoms. The average Bonchev–Trinajstić information content (AvgIpc) is 3.07. The van der Waals surface area contributed by atoms with Crippen LogP contribution in [0.2, 0.25) is 0 Å². The van der Waals surface area contributed by atoms with Gasteiger partial charge in [0, 0.05) is 45.3 Å². The topological polar surface area (TPSA) is 82.0 Å². The quantitative estimate of drug-likeness (QED) is 0.746. The molecule has 2 aliphatic rings. The number of aromatic nitrogens is 2. The highest BCUT2D eigenvalue weighted by molar-refractivity contribution is 6.05. The zero-order valence-electron chi connectivity index (χ0n) is 14.4. The fourth-order valence-corrected chi connectivity index (χ4v) is 3.19. The lowest BCUT2D eigenvalue weighted by molar-refractivity contribution is -0.120. The second kappa shape index (κ2) is 7.15. The van der Waals surface area contributed by atoms with Crippen LogP contribution in [0.4, 0.5) is 10.6 Å². The highest BCUT2D eigenvalue weighted by atomic mass is 16.2. The summed E-state index contributed by atoms with van der Waals surface area (Å²) in [5.41, 5.74) is 1.53. The lowest BCUT2D eigenvalue weighted by Gasteiger charge is -2.25. The largest absolute Gasteiger partial charge is 0.329 e. The Morgan fingerprint density at radius 2 is 2.04 bits per heavy atom. The van der Waals surface area contributed by atoms with E-state index >= 15 is 0 Å². The number of hydrogen-bond donors (Lipinski definition) is 2. The predicted molar refractivity (Wildman–Crippen MR) is 96.9 cm³/mol. The summed E-state index contributed by atoms with van der Waals surface area (Å²) in [6.45, 7) is 5.09. The van der Waals surface area contributed by atoms with Crippen molar-refractivity contribution in [3.63, 3.8) is 0 Å². The number of pyridine rings is 1. The first-order chi connectivity index (χ1) is 12.7. The normalized spacial score (nSPS) is 18.5. The van der Waals surface area contributed by atoms with Crippen LogP contribution >= 0.6 is 0 Å². The second-order valence-corrected chi connectivity index (χ2v) is 6.31. The van der Waals surface area contributed by atoms with Gasteiger partial charge in [-0.05, 0) is 12.1 Å². The Hall–Kier alpha value is -2.89. The van der Waals surface area contributed by atoms with E-state index in [1.807, 2.05) is 22.7 Å². The number of amides is 3. The fourth-order valence-electron chi connectivity index (χ4n) is 3.19. The highest BCUT2D eigenvalue weighted by Crippen LogP contribution is 2.20. The van der Waals surface area contributed by atoms with Crippen molar-refractivity contribution in [1.82, 2.24) is 24.9 Å². The van der Waals surface area contributed by atoms with Gasteiger partial charge in [0.1, 0.15) is 5.82 Å². The minimum Gasteiger partial charge on any atom is -0.314 e. The molecule has 0 atom stereocenters. The Labute approximate surface area is 151 Å². The van der Waals surface area contributed by atoms with Crippen LogP contribution in [0.1, 0.15) is 12.0 Å². The maximum atomic E-state index is 12.1. The van der Waals surface area contributed by atoms with E-state index in [0.29, 0.717) is 18.0 Å². The van der Waals surface area contributed by atoms with Gasteiger partial charge in [0.2, 0.25) is 5.91 Å². The third-order valence-corrected chi connectivity index (χ3v) is 4.58. The number of imidazole rings is 1. The molecule has 134 valence electrons. The van der Waals surface area contributed by atoms with E-state index in [2.05, 4.69) is 32.4 Å². The van der Waals surface area contributed by atoms with Crippen LogP contribution in [0.3, 0.4) is 0 Å². The van der Waals surface area contributed by atoms with Gasteiger partial charge in [-0.1, -0.05) is 11.8 Å². The minimum atomic E-state index is -0.418. The van der Waals surface area contributed by atoms with E-state index in [-0.39, 0.29) is 12.3 Å². The number of carbonyl (C=O) groups is 2. The zero-order valence-corrected chi connectivity index (χ0v) is 14.4. The van der Waals surface area contributed by atoms with Crippen LogP contribution in [-0.2, 0) is 4.79 Å². The van der Waals surface area contributed by atoms with E-state index in [9.17, 15) is 9.59 Å². The van der Waals surface area contributed by atoms with E-state index in [1.165, 1.54) is 4.90 Å². The summed E-state index contributed by atoms with van der Waals surface area (Å²) in [7, 11) is 0. The molecule has 2 aromatic heterocycles. The molecule has 4 heterocycles. The maximum absolute atomic E-state index is 12.1. The number of piperazine rings is 1. The van der Waals surface area contributed by atoms with Gasteiger partial charge in [-0.3, -0.25) is 24.3 Å². The van der Waals surface area contributed by atoms with Gasteiger partial charge < -0.3 is 5.32 Å². The molecule has 0 aromatic carbocycles. The lowest BCUT2D eigenvalue weighted by atomic mass is 10.2. The number of carbonyl (C=O) groups excluding carboxylic acids is 2. The number of nitrogens with one attached hydrogen (secondary N) is 2. The average molecular weight is 352 g/mol. The van der Waals surface area contributed by atoms with Crippen molar-refractivity contribution >= 4 is 23.4 Å². The van der Waals surface area contributed by atoms with Crippen LogP contribution in [0.5, 0.6) is 0 Å². The molecule has 8 nitrogen and oxygen atoms in total. The number of anilines is 1. The molecule has 2 aliphatic heterocycles. The number of hydrogen-bond acceptors (Lipinski definition) is 5. The van der Waals surface area contributed by atoms with E-state index < -0.39 is 6.03 Å². The van der Waals surface area contributed by atoms with Gasteiger partial charge in [0.05, 0.1) is 18.3 Å². The molecule has 3 amide bonds. The Balaban J connectivity index is 1.57. The summed E-state index contributed by atoms with van der Waals surface area (Å²) in [4.78, 5) is 31.7. The molecule has 8 heteroatoms. The first-order valence-electron chi connectivity index (χ1n) is 8.72. The Bertz CT molecular complexity index is 903. The van der Waals surface area contributed by atoms with Crippen molar-refractivity contribution in [2.75, 3.05) is 44.2 Å². The van der Waals surface area contributed by atoms with Gasteiger partial charge in [-0.15, -0.1) is 0 Å². The highest BCUT2D eigenvalue weighted by Gasteiger charge is 2.26. The summed E-state index contributed by atoms with van der Waals surface area (Å²) in [6, 6.07) is 3.40. The molecule has 2 fully saturated rings. The van der Waals surface area contributed by atoms with Crippen LogP contribution in [0.15, 0.2) is 24.5 Å². The summed E-state index contributed by atoms with van der Waals surface area (Å²) in [5, 5.41) is 5.66. The summed E-state index contributed by atoms with van der Waals surface area (Å²) < 4.78 is 1.84. The molecular formula is C18H20N6O2. The van der Waals surface area contributed by atoms with Crippen LogP contribution in [-0.4, -0.2) is 65.5 Å². The van der Waals surface area contributed by atoms with Crippen molar-refractivity contribution in [2.24, 2.45) is 0 Å². The first kappa shape index (κ1) is 16.6. The third-order valence-electron chi connectivity index (χ3n) is 4.58. The van der Waals surface area contributed by atoms with E-state index in [1.54, 1.807) is 6.20 Å².